The van der Waals surface area contributed by atoms with E-state index in [1.54, 1.807) is 0 Å². The van der Waals surface area contributed by atoms with Gasteiger partial charge in [-0.15, -0.1) is 0 Å². The number of piperazine rings is 1. The fourth-order valence-electron chi connectivity index (χ4n) is 8.32. The first-order valence-electron chi connectivity index (χ1n) is 19.3. The fraction of sp³-hybridized carbons (Fsp3) is 0.261. The van der Waals surface area contributed by atoms with Crippen LogP contribution in [0.15, 0.2) is 121 Å². The van der Waals surface area contributed by atoms with E-state index in [1.165, 1.54) is 5.56 Å². The van der Waals surface area contributed by atoms with Gasteiger partial charge in [0.25, 0.3) is 11.8 Å². The number of hydrogen-bond donors (Lipinski definition) is 0. The summed E-state index contributed by atoms with van der Waals surface area (Å²) in [5, 5.41) is 1.39. The molecule has 56 heavy (non-hydrogen) atoms. The van der Waals surface area contributed by atoms with Gasteiger partial charge in [-0.3, -0.25) is 14.5 Å². The number of anilines is 1. The van der Waals surface area contributed by atoms with Crippen LogP contribution in [0.1, 0.15) is 37.4 Å². The SMILES string of the molecule is CN1CCN(C[C@@H]2Cc3ccccc3CN2C(=O)c2cc3c(cc2-n2cc(C(=O)N(CCc4ccccc4)c4ccc(Cl)cc4)c4ccccc42)OCO3)CC1. The highest BCUT2D eigenvalue weighted by Gasteiger charge is 2.35. The number of likely N-dealkylation sites (N-methyl/N-ethyl adjacent to an activating group) is 1. The van der Waals surface area contributed by atoms with Crippen LogP contribution >= 0.6 is 11.6 Å². The predicted molar refractivity (Wildman–Crippen MR) is 220 cm³/mol. The third-order valence-electron chi connectivity index (χ3n) is 11.5. The van der Waals surface area contributed by atoms with Crippen LogP contribution in [0.5, 0.6) is 11.5 Å². The second-order valence-electron chi connectivity index (χ2n) is 15.0. The van der Waals surface area contributed by atoms with Crippen LogP contribution < -0.4 is 14.4 Å². The Morgan fingerprint density at radius 2 is 1.48 bits per heavy atom. The molecule has 3 aliphatic rings. The van der Waals surface area contributed by atoms with Crippen LogP contribution in [-0.4, -0.2) is 90.2 Å². The maximum Gasteiger partial charge on any atom is 0.260 e. The molecule has 0 radical (unpaired) electrons. The van der Waals surface area contributed by atoms with Crippen molar-refractivity contribution >= 4 is 40.0 Å². The van der Waals surface area contributed by atoms with E-state index in [1.807, 2.05) is 105 Å². The molecule has 6 aromatic rings. The number of para-hydroxylation sites is 1. The minimum Gasteiger partial charge on any atom is -0.454 e. The zero-order chi connectivity index (χ0) is 38.2. The van der Waals surface area contributed by atoms with Gasteiger partial charge in [-0.1, -0.05) is 84.4 Å². The van der Waals surface area contributed by atoms with Crippen molar-refractivity contribution < 1.29 is 19.1 Å². The Kier molecular flexibility index (Phi) is 9.98. The molecule has 3 aliphatic heterocycles. The first kappa shape index (κ1) is 36.1. The van der Waals surface area contributed by atoms with Crippen molar-refractivity contribution in [2.24, 2.45) is 0 Å². The van der Waals surface area contributed by atoms with Gasteiger partial charge < -0.3 is 28.7 Å². The van der Waals surface area contributed by atoms with Gasteiger partial charge in [0.15, 0.2) is 11.5 Å². The minimum atomic E-state index is -0.147. The van der Waals surface area contributed by atoms with Crippen molar-refractivity contribution in [3.05, 3.63) is 154 Å². The van der Waals surface area contributed by atoms with Gasteiger partial charge >= 0.3 is 0 Å². The van der Waals surface area contributed by atoms with Crippen LogP contribution in [0.25, 0.3) is 16.6 Å². The summed E-state index contributed by atoms with van der Waals surface area (Å²) in [4.78, 5) is 38.8. The van der Waals surface area contributed by atoms with Crippen LogP contribution in [0, 0.1) is 0 Å². The lowest BCUT2D eigenvalue weighted by atomic mass is 9.92. The molecule has 0 saturated carbocycles. The molecule has 284 valence electrons. The van der Waals surface area contributed by atoms with Crippen molar-refractivity contribution in [2.45, 2.75) is 25.4 Å². The number of aromatic nitrogens is 1. The number of rotatable bonds is 9. The van der Waals surface area contributed by atoms with E-state index in [9.17, 15) is 4.79 Å². The number of nitrogens with zero attached hydrogens (tertiary/aromatic N) is 5. The molecule has 9 nitrogen and oxygen atoms in total. The molecule has 0 spiro atoms. The molecule has 0 N–H and O–H groups in total. The van der Waals surface area contributed by atoms with Gasteiger partial charge in [0.1, 0.15) is 0 Å². The Hall–Kier alpha value is -5.61. The molecule has 1 saturated heterocycles. The molecule has 10 heteroatoms. The summed E-state index contributed by atoms with van der Waals surface area (Å²) in [5.74, 6) is 0.869. The first-order chi connectivity index (χ1) is 27.4. The Morgan fingerprint density at radius 1 is 0.786 bits per heavy atom. The highest BCUT2D eigenvalue weighted by molar-refractivity contribution is 6.30. The number of hydrogen-bond acceptors (Lipinski definition) is 6. The normalized spacial score (nSPS) is 16.9. The average molecular weight is 766 g/mol. The zero-order valence-electron chi connectivity index (χ0n) is 31.4. The van der Waals surface area contributed by atoms with Gasteiger partial charge in [0.05, 0.1) is 22.3 Å². The van der Waals surface area contributed by atoms with E-state index in [0.717, 1.165) is 66.9 Å². The smallest absolute Gasteiger partial charge is 0.260 e. The molecule has 0 aliphatic carbocycles. The third kappa shape index (κ3) is 7.14. The van der Waals surface area contributed by atoms with E-state index in [-0.39, 0.29) is 24.6 Å². The fourth-order valence-corrected chi connectivity index (χ4v) is 8.45. The summed E-state index contributed by atoms with van der Waals surface area (Å²) < 4.78 is 13.8. The Morgan fingerprint density at radius 3 is 2.27 bits per heavy atom. The summed E-state index contributed by atoms with van der Waals surface area (Å²) in [7, 11) is 2.16. The second-order valence-corrected chi connectivity index (χ2v) is 15.4. The maximum absolute atomic E-state index is 15.2. The Bertz CT molecular complexity index is 2390. The number of ether oxygens (including phenoxy) is 2. The van der Waals surface area contributed by atoms with Gasteiger partial charge in [0.2, 0.25) is 6.79 Å². The molecule has 0 bridgehead atoms. The predicted octanol–water partition coefficient (Wildman–Crippen LogP) is 7.72. The van der Waals surface area contributed by atoms with Crippen molar-refractivity contribution in [2.75, 3.05) is 58.0 Å². The average Bonchev–Trinajstić information content (AvgIpc) is 3.86. The Balaban J connectivity index is 1.12. The molecule has 1 fully saturated rings. The van der Waals surface area contributed by atoms with Gasteiger partial charge in [-0.05, 0) is 73.0 Å². The molecular formula is C46H44ClN5O4. The van der Waals surface area contributed by atoms with E-state index < -0.39 is 0 Å². The highest BCUT2D eigenvalue weighted by atomic mass is 35.5. The highest BCUT2D eigenvalue weighted by Crippen LogP contribution is 2.40. The molecule has 0 unspecified atom stereocenters. The number of fused-ring (bicyclic) bond motifs is 3. The van der Waals surface area contributed by atoms with Crippen LogP contribution in [0.4, 0.5) is 5.69 Å². The van der Waals surface area contributed by atoms with E-state index in [4.69, 9.17) is 21.1 Å². The van der Waals surface area contributed by atoms with E-state index in [0.29, 0.717) is 52.8 Å². The zero-order valence-corrected chi connectivity index (χ0v) is 32.2. The van der Waals surface area contributed by atoms with Gasteiger partial charge in [-0.25, -0.2) is 0 Å². The summed E-state index contributed by atoms with van der Waals surface area (Å²) in [6.45, 7) is 5.79. The summed E-state index contributed by atoms with van der Waals surface area (Å²) in [6, 6.07) is 37.6. The van der Waals surface area contributed by atoms with Crippen LogP contribution in [0.3, 0.4) is 0 Å². The van der Waals surface area contributed by atoms with E-state index >= 15 is 4.79 Å². The Labute approximate surface area is 332 Å². The quantitative estimate of drug-likeness (QED) is 0.150. The lowest BCUT2D eigenvalue weighted by Crippen LogP contribution is -2.53. The molecule has 1 atom stereocenters. The van der Waals surface area contributed by atoms with Crippen molar-refractivity contribution in [1.29, 1.82) is 0 Å². The molecule has 2 amide bonds. The topological polar surface area (TPSA) is 70.5 Å². The molecular weight excluding hydrogens is 722 g/mol. The van der Waals surface area contributed by atoms with Gasteiger partial charge in [-0.2, -0.15) is 0 Å². The molecule has 4 heterocycles. The number of benzene rings is 5. The monoisotopic (exact) mass is 765 g/mol. The van der Waals surface area contributed by atoms with Crippen molar-refractivity contribution in [1.82, 2.24) is 19.3 Å². The molecule has 5 aromatic carbocycles. The minimum absolute atomic E-state index is 0.0184. The van der Waals surface area contributed by atoms with Gasteiger partial charge in [0, 0.05) is 80.2 Å². The number of halogens is 1. The lowest BCUT2D eigenvalue weighted by molar-refractivity contribution is 0.0535. The molecule has 9 rings (SSSR count). The van der Waals surface area contributed by atoms with E-state index in [2.05, 4.69) is 47.2 Å². The summed E-state index contributed by atoms with van der Waals surface area (Å²) >= 11 is 6.30. The maximum atomic E-state index is 15.2. The number of carbonyl (C=O) groups is 2. The standard InChI is InChI=1S/C46H44ClN5O4/c1-48-21-23-49(24-22-48)29-37-25-33-11-5-6-12-34(33)28-51(37)45(53)39-26-43-44(56-31-55-43)27-42(39)52-30-40(38-13-7-8-14-41(38)52)46(54)50(36-17-15-35(47)16-18-36)20-19-32-9-3-2-4-10-32/h2-18,26-27,30,37H,19-25,28-29,31H2,1H3/t37-/m0/s1. The summed E-state index contributed by atoms with van der Waals surface area (Å²) in [6.07, 6.45) is 3.33. The van der Waals surface area contributed by atoms with Crippen molar-refractivity contribution in [3.63, 3.8) is 0 Å². The van der Waals surface area contributed by atoms with Crippen LogP contribution in [0.2, 0.25) is 5.02 Å². The molecule has 1 aromatic heterocycles. The summed E-state index contributed by atoms with van der Waals surface area (Å²) in [5.41, 5.74) is 6.80. The number of amides is 2. The number of carbonyl (C=O) groups excluding carboxylic acids is 2. The van der Waals surface area contributed by atoms with Crippen molar-refractivity contribution in [3.8, 4) is 17.2 Å². The second kappa shape index (κ2) is 15.5. The third-order valence-corrected chi connectivity index (χ3v) is 11.7. The van der Waals surface area contributed by atoms with Crippen LogP contribution in [-0.2, 0) is 19.4 Å². The lowest BCUT2D eigenvalue weighted by Gasteiger charge is -2.41. The largest absolute Gasteiger partial charge is 0.454 e. The first-order valence-corrected chi connectivity index (χ1v) is 19.7.